The van der Waals surface area contributed by atoms with Crippen LogP contribution < -0.4 is 14.8 Å². The molecule has 1 aromatic heterocycles. The van der Waals surface area contributed by atoms with Gasteiger partial charge in [-0.3, -0.25) is 9.52 Å². The Kier molecular flexibility index (Phi) is 5.78. The minimum Gasteiger partial charge on any atom is -0.494 e. The molecule has 2 aromatic carbocycles. The second-order valence-corrected chi connectivity index (χ2v) is 9.20. The molecule has 0 unspecified atom stereocenters. The fourth-order valence-corrected chi connectivity index (χ4v) is 4.55. The van der Waals surface area contributed by atoms with Gasteiger partial charge in [-0.2, -0.15) is 0 Å². The van der Waals surface area contributed by atoms with Crippen molar-refractivity contribution in [2.75, 3.05) is 22.9 Å². The van der Waals surface area contributed by atoms with E-state index in [1.54, 1.807) is 0 Å². The van der Waals surface area contributed by atoms with Crippen molar-refractivity contribution < 1.29 is 22.3 Å². The van der Waals surface area contributed by atoms with Crippen LogP contribution in [-0.2, 0) is 10.0 Å². The molecular formula is C18H16ClFN2O4S2. The summed E-state index contributed by atoms with van der Waals surface area (Å²) < 4.78 is 45.1. The van der Waals surface area contributed by atoms with Gasteiger partial charge in [0.1, 0.15) is 16.4 Å². The van der Waals surface area contributed by atoms with E-state index >= 15 is 0 Å². The summed E-state index contributed by atoms with van der Waals surface area (Å²) in [6.07, 6.45) is 0. The fraction of sp³-hybridized carbons (Fsp3) is 0.167. The molecule has 0 radical (unpaired) electrons. The molecule has 0 aliphatic heterocycles. The van der Waals surface area contributed by atoms with Crippen LogP contribution in [0.2, 0.25) is 5.02 Å². The first-order valence-corrected chi connectivity index (χ1v) is 11.0. The van der Waals surface area contributed by atoms with E-state index in [1.165, 1.54) is 50.4 Å². The summed E-state index contributed by atoms with van der Waals surface area (Å²) in [4.78, 5) is 12.9. The average Bonchev–Trinajstić information content (AvgIpc) is 2.98. The smallest absolute Gasteiger partial charge is 0.267 e. The lowest BCUT2D eigenvalue weighted by atomic mass is 10.2. The first-order valence-electron chi connectivity index (χ1n) is 8.11. The number of halogens is 2. The number of amides is 1. The van der Waals surface area contributed by atoms with Gasteiger partial charge >= 0.3 is 0 Å². The Labute approximate surface area is 170 Å². The SMILES string of the molecule is CCS(=O)(=O)Nc1ccc(NC(=O)c2sc3cc(F)ccc3c2Cl)cc1OC. The normalized spacial score (nSPS) is 11.4. The highest BCUT2D eigenvalue weighted by Gasteiger charge is 2.19. The number of hydrogen-bond donors (Lipinski definition) is 2. The molecule has 3 rings (SSSR count). The Bertz CT molecular complexity index is 1160. The van der Waals surface area contributed by atoms with Gasteiger partial charge in [-0.1, -0.05) is 11.6 Å². The molecule has 1 heterocycles. The zero-order valence-electron chi connectivity index (χ0n) is 14.9. The maximum Gasteiger partial charge on any atom is 0.267 e. The van der Waals surface area contributed by atoms with Crippen LogP contribution in [0.3, 0.4) is 0 Å². The van der Waals surface area contributed by atoms with E-state index < -0.39 is 21.7 Å². The minimum atomic E-state index is -3.47. The number of carbonyl (C=O) groups excluding carboxylic acids is 1. The predicted octanol–water partition coefficient (Wildman–Crippen LogP) is 4.72. The summed E-state index contributed by atoms with van der Waals surface area (Å²) in [5.41, 5.74) is 0.652. The molecule has 28 heavy (non-hydrogen) atoms. The highest BCUT2D eigenvalue weighted by Crippen LogP contribution is 2.36. The monoisotopic (exact) mass is 442 g/mol. The number of methoxy groups -OCH3 is 1. The number of fused-ring (bicyclic) bond motifs is 1. The molecule has 0 fully saturated rings. The van der Waals surface area contributed by atoms with E-state index in [4.69, 9.17) is 16.3 Å². The lowest BCUT2D eigenvalue weighted by Crippen LogP contribution is -2.15. The Morgan fingerprint density at radius 2 is 2.00 bits per heavy atom. The van der Waals surface area contributed by atoms with Crippen molar-refractivity contribution in [1.82, 2.24) is 0 Å². The standard InChI is InChI=1S/C18H16ClFN2O4S2/c1-3-28(24,25)22-13-7-5-11(9-14(13)26-2)21-18(23)17-16(19)12-6-4-10(20)8-15(12)27-17/h4-9,22H,3H2,1-2H3,(H,21,23). The molecule has 10 heteroatoms. The van der Waals surface area contributed by atoms with E-state index in [0.717, 1.165) is 11.3 Å². The van der Waals surface area contributed by atoms with Crippen molar-refractivity contribution in [1.29, 1.82) is 0 Å². The van der Waals surface area contributed by atoms with Gasteiger partial charge in [0.25, 0.3) is 5.91 Å². The number of thiophene rings is 1. The third-order valence-electron chi connectivity index (χ3n) is 3.90. The van der Waals surface area contributed by atoms with Gasteiger partial charge in [-0.15, -0.1) is 11.3 Å². The highest BCUT2D eigenvalue weighted by molar-refractivity contribution is 7.92. The lowest BCUT2D eigenvalue weighted by Gasteiger charge is -2.13. The van der Waals surface area contributed by atoms with Crippen molar-refractivity contribution >= 4 is 60.3 Å². The topological polar surface area (TPSA) is 84.5 Å². The first-order chi connectivity index (χ1) is 13.2. The fourth-order valence-electron chi connectivity index (χ4n) is 2.47. The number of carbonyl (C=O) groups is 1. The summed E-state index contributed by atoms with van der Waals surface area (Å²) in [5, 5.41) is 3.53. The van der Waals surface area contributed by atoms with Crippen molar-refractivity contribution in [3.63, 3.8) is 0 Å². The van der Waals surface area contributed by atoms with Crippen LogP contribution in [0.4, 0.5) is 15.8 Å². The molecule has 2 N–H and O–H groups in total. The number of hydrogen-bond acceptors (Lipinski definition) is 5. The van der Waals surface area contributed by atoms with E-state index in [0.29, 0.717) is 15.8 Å². The number of benzene rings is 2. The quantitative estimate of drug-likeness (QED) is 0.578. The summed E-state index contributed by atoms with van der Waals surface area (Å²) in [5.74, 6) is -0.707. The second kappa shape index (κ2) is 7.94. The zero-order chi connectivity index (χ0) is 20.5. The van der Waals surface area contributed by atoms with E-state index in [1.807, 2.05) is 0 Å². The van der Waals surface area contributed by atoms with Crippen molar-refractivity contribution in [3.05, 3.63) is 52.1 Å². The second-order valence-electron chi connectivity index (χ2n) is 5.76. The number of rotatable bonds is 6. The number of anilines is 2. The van der Waals surface area contributed by atoms with Gasteiger partial charge in [-0.05, 0) is 37.3 Å². The van der Waals surface area contributed by atoms with Crippen molar-refractivity contribution in [2.24, 2.45) is 0 Å². The molecule has 0 saturated carbocycles. The summed E-state index contributed by atoms with van der Waals surface area (Å²) in [6, 6.07) is 8.65. The average molecular weight is 443 g/mol. The molecule has 0 saturated heterocycles. The van der Waals surface area contributed by atoms with E-state index in [9.17, 15) is 17.6 Å². The predicted molar refractivity (Wildman–Crippen MR) is 111 cm³/mol. The molecular weight excluding hydrogens is 427 g/mol. The Morgan fingerprint density at radius 1 is 1.25 bits per heavy atom. The van der Waals surface area contributed by atoms with Crippen molar-refractivity contribution in [3.8, 4) is 5.75 Å². The lowest BCUT2D eigenvalue weighted by molar-refractivity contribution is 0.103. The van der Waals surface area contributed by atoms with Crippen LogP contribution in [0, 0.1) is 5.82 Å². The van der Waals surface area contributed by atoms with E-state index in [-0.39, 0.29) is 27.1 Å². The third kappa shape index (κ3) is 4.21. The van der Waals surface area contributed by atoms with Crippen LogP contribution in [0.25, 0.3) is 10.1 Å². The molecule has 3 aromatic rings. The third-order valence-corrected chi connectivity index (χ3v) is 6.85. The van der Waals surface area contributed by atoms with Gasteiger partial charge in [0.15, 0.2) is 0 Å². The molecule has 148 valence electrons. The molecule has 0 aliphatic carbocycles. The highest BCUT2D eigenvalue weighted by atomic mass is 35.5. The Morgan fingerprint density at radius 3 is 2.68 bits per heavy atom. The first kappa shape index (κ1) is 20.4. The maximum atomic E-state index is 13.4. The van der Waals surface area contributed by atoms with E-state index in [2.05, 4.69) is 10.0 Å². The number of sulfonamides is 1. The zero-order valence-corrected chi connectivity index (χ0v) is 17.3. The molecule has 0 aliphatic rings. The van der Waals surface area contributed by atoms with Gasteiger partial charge in [0.05, 0.1) is 23.6 Å². The number of nitrogens with one attached hydrogen (secondary N) is 2. The van der Waals surface area contributed by atoms with Crippen LogP contribution >= 0.6 is 22.9 Å². The molecule has 6 nitrogen and oxygen atoms in total. The van der Waals surface area contributed by atoms with Gasteiger partial charge in [-0.25, -0.2) is 12.8 Å². The molecule has 0 bridgehead atoms. The minimum absolute atomic E-state index is 0.0837. The van der Waals surface area contributed by atoms with Gasteiger partial charge in [0.2, 0.25) is 10.0 Å². The molecule has 1 amide bonds. The van der Waals surface area contributed by atoms with Crippen LogP contribution in [-0.4, -0.2) is 27.2 Å². The van der Waals surface area contributed by atoms with Gasteiger partial charge in [0, 0.05) is 21.8 Å². The summed E-state index contributed by atoms with van der Waals surface area (Å²) in [6.45, 7) is 1.52. The van der Waals surface area contributed by atoms with Crippen LogP contribution in [0.5, 0.6) is 5.75 Å². The molecule has 0 spiro atoms. The largest absolute Gasteiger partial charge is 0.494 e. The van der Waals surface area contributed by atoms with Crippen LogP contribution in [0.15, 0.2) is 36.4 Å². The van der Waals surface area contributed by atoms with Crippen LogP contribution in [0.1, 0.15) is 16.6 Å². The number of ether oxygens (including phenoxy) is 1. The Hall–Kier alpha value is -2.36. The summed E-state index contributed by atoms with van der Waals surface area (Å²) >= 11 is 7.35. The Balaban J connectivity index is 1.87. The van der Waals surface area contributed by atoms with Gasteiger partial charge < -0.3 is 10.1 Å². The molecule has 0 atom stereocenters. The van der Waals surface area contributed by atoms with Crippen molar-refractivity contribution in [2.45, 2.75) is 6.92 Å². The summed E-state index contributed by atoms with van der Waals surface area (Å²) in [7, 11) is -2.08. The maximum absolute atomic E-state index is 13.4.